The van der Waals surface area contributed by atoms with Crippen molar-refractivity contribution in [3.63, 3.8) is 0 Å². The number of benzene rings is 2. The van der Waals surface area contributed by atoms with Crippen LogP contribution >= 0.6 is 15.9 Å². The third-order valence-electron chi connectivity index (χ3n) is 3.66. The zero-order chi connectivity index (χ0) is 20.5. The number of anilines is 1. The fraction of sp³-hybridized carbons (Fsp3) is 0.200. The minimum absolute atomic E-state index is 0.0814. The van der Waals surface area contributed by atoms with Crippen molar-refractivity contribution >= 4 is 44.5 Å². The molecule has 1 amide bonds. The molecule has 3 aromatic rings. The predicted molar refractivity (Wildman–Crippen MR) is 106 cm³/mol. The number of ether oxygens (including phenoxy) is 1. The molecule has 0 aliphatic heterocycles. The van der Waals surface area contributed by atoms with Crippen molar-refractivity contribution in [2.24, 2.45) is 0 Å². The second kappa shape index (κ2) is 7.44. The van der Waals surface area contributed by atoms with Gasteiger partial charge in [0.25, 0.3) is 5.91 Å². The smallest absolute Gasteiger partial charge is 0.340 e. The Morgan fingerprint density at radius 3 is 2.64 bits per heavy atom. The Kier molecular flexibility index (Phi) is 5.21. The van der Waals surface area contributed by atoms with Gasteiger partial charge in [-0.1, -0.05) is 21.1 Å². The minimum Gasteiger partial charge on any atom is -0.456 e. The maximum atomic E-state index is 12.7. The highest BCUT2D eigenvalue weighted by atomic mass is 79.9. The fourth-order valence-electron chi connectivity index (χ4n) is 2.48. The lowest BCUT2D eigenvalue weighted by Crippen LogP contribution is -2.25. The number of nitrogens with zero attached hydrogens (tertiary/aromatic N) is 2. The highest BCUT2D eigenvalue weighted by Gasteiger charge is 2.23. The topological polar surface area (TPSA) is 105 Å². The van der Waals surface area contributed by atoms with Crippen LogP contribution in [0.1, 0.15) is 47.2 Å². The number of carbonyl (C=O) groups is 2. The Morgan fingerprint density at radius 1 is 1.21 bits per heavy atom. The van der Waals surface area contributed by atoms with Crippen molar-refractivity contribution in [3.8, 4) is 6.07 Å². The van der Waals surface area contributed by atoms with Crippen LogP contribution < -0.4 is 5.32 Å². The first-order valence-electron chi connectivity index (χ1n) is 8.32. The second-order valence-electron chi connectivity index (χ2n) is 7.00. The number of aromatic nitrogens is 1. The minimum atomic E-state index is -0.725. The van der Waals surface area contributed by atoms with Crippen molar-refractivity contribution < 1.29 is 18.8 Å². The summed E-state index contributed by atoms with van der Waals surface area (Å²) in [7, 11) is 0. The molecule has 0 aliphatic carbocycles. The zero-order valence-corrected chi connectivity index (χ0v) is 17.0. The van der Waals surface area contributed by atoms with Crippen LogP contribution in [0.15, 0.2) is 45.4 Å². The Bertz CT molecular complexity index is 1120. The van der Waals surface area contributed by atoms with Crippen molar-refractivity contribution in [2.45, 2.75) is 26.4 Å². The number of nitrogens with one attached hydrogen (secondary N) is 1. The summed E-state index contributed by atoms with van der Waals surface area (Å²) >= 11 is 3.33. The summed E-state index contributed by atoms with van der Waals surface area (Å²) in [4.78, 5) is 25.3. The number of fused-ring (bicyclic) bond motifs is 1. The molecule has 3 rings (SSSR count). The van der Waals surface area contributed by atoms with Crippen LogP contribution in [-0.2, 0) is 4.74 Å². The van der Waals surface area contributed by atoms with Gasteiger partial charge in [-0.25, -0.2) is 4.79 Å². The molecule has 28 heavy (non-hydrogen) atoms. The summed E-state index contributed by atoms with van der Waals surface area (Å²) in [6.07, 6.45) is 0. The molecule has 8 heteroatoms. The summed E-state index contributed by atoms with van der Waals surface area (Å²) in [6.45, 7) is 5.20. The molecule has 0 atom stereocenters. The van der Waals surface area contributed by atoms with E-state index in [2.05, 4.69) is 26.4 Å². The molecule has 7 nitrogen and oxygen atoms in total. The lowest BCUT2D eigenvalue weighted by molar-refractivity contribution is 0.00707. The van der Waals surface area contributed by atoms with Crippen LogP contribution in [0.25, 0.3) is 11.0 Å². The maximum Gasteiger partial charge on any atom is 0.340 e. The number of hydrogen-bond donors (Lipinski definition) is 1. The Morgan fingerprint density at radius 2 is 1.96 bits per heavy atom. The highest BCUT2D eigenvalue weighted by molar-refractivity contribution is 9.10. The van der Waals surface area contributed by atoms with Gasteiger partial charge in [0.15, 0.2) is 11.3 Å². The average molecular weight is 442 g/mol. The van der Waals surface area contributed by atoms with Crippen LogP contribution in [0.4, 0.5) is 5.69 Å². The van der Waals surface area contributed by atoms with Crippen LogP contribution in [-0.4, -0.2) is 22.6 Å². The van der Waals surface area contributed by atoms with Gasteiger partial charge in [-0.05, 0) is 57.2 Å². The van der Waals surface area contributed by atoms with Crippen molar-refractivity contribution in [1.82, 2.24) is 5.16 Å². The lowest BCUT2D eigenvalue weighted by atomic mass is 10.1. The number of halogens is 1. The van der Waals surface area contributed by atoms with E-state index in [1.54, 1.807) is 39.0 Å². The molecule has 2 aromatic carbocycles. The summed E-state index contributed by atoms with van der Waals surface area (Å²) in [6, 6.07) is 11.5. The van der Waals surface area contributed by atoms with Gasteiger partial charge in [0.05, 0.1) is 28.3 Å². The fourth-order valence-corrected chi connectivity index (χ4v) is 2.82. The van der Waals surface area contributed by atoms with E-state index in [4.69, 9.17) is 14.5 Å². The molecule has 142 valence electrons. The predicted octanol–water partition coefficient (Wildman–Crippen LogP) is 4.67. The number of nitriles is 1. The third-order valence-corrected chi connectivity index (χ3v) is 4.16. The number of hydrogen-bond acceptors (Lipinski definition) is 6. The first kappa shape index (κ1) is 19.6. The van der Waals surface area contributed by atoms with E-state index in [9.17, 15) is 9.59 Å². The molecule has 1 heterocycles. The SMILES string of the molecule is CC(C)(C)OC(=O)c1cc(C#N)ccc1NC(=O)c1noc2cc(Br)ccc12. The van der Waals surface area contributed by atoms with E-state index in [1.807, 2.05) is 6.07 Å². The molecule has 0 unspecified atom stereocenters. The summed E-state index contributed by atoms with van der Waals surface area (Å²) in [5.74, 6) is -1.19. The van der Waals surface area contributed by atoms with E-state index in [1.165, 1.54) is 18.2 Å². The molecule has 0 spiro atoms. The highest BCUT2D eigenvalue weighted by Crippen LogP contribution is 2.25. The number of carbonyl (C=O) groups excluding carboxylic acids is 2. The standard InChI is InChI=1S/C20H16BrN3O4/c1-20(2,3)27-19(26)14-8-11(10-22)4-7-15(14)23-18(25)17-13-6-5-12(21)9-16(13)28-24-17/h4-9H,1-3H3,(H,23,25). The molecule has 0 bridgehead atoms. The van der Waals surface area contributed by atoms with Gasteiger partial charge in [-0.2, -0.15) is 5.26 Å². The lowest BCUT2D eigenvalue weighted by Gasteiger charge is -2.20. The van der Waals surface area contributed by atoms with E-state index in [-0.39, 0.29) is 22.5 Å². The largest absolute Gasteiger partial charge is 0.456 e. The summed E-state index contributed by atoms with van der Waals surface area (Å²) in [5, 5.41) is 16.1. The third kappa shape index (κ3) is 4.21. The van der Waals surface area contributed by atoms with Crippen molar-refractivity contribution in [3.05, 3.63) is 57.7 Å². The van der Waals surface area contributed by atoms with Crippen LogP contribution in [0.3, 0.4) is 0 Å². The molecule has 1 aromatic heterocycles. The van der Waals surface area contributed by atoms with Gasteiger partial charge in [0.2, 0.25) is 0 Å². The molecule has 0 saturated heterocycles. The molecule has 0 radical (unpaired) electrons. The Labute approximate surface area is 169 Å². The second-order valence-corrected chi connectivity index (χ2v) is 7.92. The van der Waals surface area contributed by atoms with E-state index in [0.717, 1.165) is 4.47 Å². The normalized spacial score (nSPS) is 11.1. The zero-order valence-electron chi connectivity index (χ0n) is 15.4. The number of amides is 1. The van der Waals surface area contributed by atoms with E-state index in [0.29, 0.717) is 11.0 Å². The first-order valence-corrected chi connectivity index (χ1v) is 9.11. The van der Waals surface area contributed by atoms with Gasteiger partial charge >= 0.3 is 5.97 Å². The molecule has 0 fully saturated rings. The molecule has 0 aliphatic rings. The van der Waals surface area contributed by atoms with Gasteiger partial charge in [-0.15, -0.1) is 0 Å². The van der Waals surface area contributed by atoms with Gasteiger partial charge in [0.1, 0.15) is 5.60 Å². The monoisotopic (exact) mass is 441 g/mol. The van der Waals surface area contributed by atoms with E-state index < -0.39 is 17.5 Å². The quantitative estimate of drug-likeness (QED) is 0.591. The maximum absolute atomic E-state index is 12.7. The molecular formula is C20H16BrN3O4. The summed E-state index contributed by atoms with van der Waals surface area (Å²) in [5.41, 5.74) is 0.380. The number of esters is 1. The van der Waals surface area contributed by atoms with Gasteiger partial charge < -0.3 is 14.6 Å². The number of rotatable bonds is 3. The van der Waals surface area contributed by atoms with Crippen molar-refractivity contribution in [2.75, 3.05) is 5.32 Å². The van der Waals surface area contributed by atoms with Crippen LogP contribution in [0, 0.1) is 11.3 Å². The molecule has 0 saturated carbocycles. The molecular weight excluding hydrogens is 426 g/mol. The van der Waals surface area contributed by atoms with Gasteiger partial charge in [-0.3, -0.25) is 4.79 Å². The van der Waals surface area contributed by atoms with Gasteiger partial charge in [0, 0.05) is 4.47 Å². The van der Waals surface area contributed by atoms with Crippen molar-refractivity contribution in [1.29, 1.82) is 5.26 Å². The Hall–Kier alpha value is -3.18. The van der Waals surface area contributed by atoms with E-state index >= 15 is 0 Å². The summed E-state index contributed by atoms with van der Waals surface area (Å²) < 4.78 is 11.4. The Balaban J connectivity index is 1.95. The van der Waals surface area contributed by atoms with Crippen LogP contribution in [0.5, 0.6) is 0 Å². The average Bonchev–Trinajstić information content (AvgIpc) is 3.03. The molecule has 1 N–H and O–H groups in total. The first-order chi connectivity index (χ1) is 13.2. The van der Waals surface area contributed by atoms with Crippen LogP contribution in [0.2, 0.25) is 0 Å².